The number of alkyl halides is 4. The van der Waals surface area contributed by atoms with Gasteiger partial charge in [0.05, 0.1) is 28.3 Å². The SMILES string of the molecule is Cc1nc(-c2cc(C#N)ccc2OC(F)F)sc1CN1C[C@H](C(C)(C)C)C[C@@](CCC(F)F)(C(=O)O)C1. The van der Waals surface area contributed by atoms with Crippen molar-refractivity contribution < 1.29 is 32.2 Å². The molecule has 0 saturated carbocycles. The molecule has 2 aromatic rings. The number of ether oxygens (including phenoxy) is 1. The van der Waals surface area contributed by atoms with Crippen molar-refractivity contribution in [1.82, 2.24) is 9.88 Å². The predicted octanol–water partition coefficient (Wildman–Crippen LogP) is 6.58. The first-order valence-electron chi connectivity index (χ1n) is 11.9. The van der Waals surface area contributed by atoms with Crippen LogP contribution in [-0.2, 0) is 11.3 Å². The highest BCUT2D eigenvalue weighted by Gasteiger charge is 2.48. The standard InChI is InChI=1S/C26H31F4N3O3S/c1-15-20(37-22(32-15)18-9-16(11-31)5-6-19(18)36-24(29)30)13-33-12-17(25(2,3)4)10-26(14-33,23(34)35)8-7-21(27)28/h5-6,9,17,21,24H,7-8,10,12-14H2,1-4H3,(H,34,35)/t17-,26-/m1/s1. The monoisotopic (exact) mass is 541 g/mol. The number of likely N-dealkylation sites (tertiary alicyclic amines) is 1. The lowest BCUT2D eigenvalue weighted by Gasteiger charge is -2.48. The van der Waals surface area contributed by atoms with Crippen molar-refractivity contribution in [3.63, 3.8) is 0 Å². The molecule has 1 fully saturated rings. The molecule has 0 aliphatic carbocycles. The molecular weight excluding hydrogens is 510 g/mol. The summed E-state index contributed by atoms with van der Waals surface area (Å²) in [5, 5.41) is 19.8. The van der Waals surface area contributed by atoms with Crippen molar-refractivity contribution in [3.8, 4) is 22.4 Å². The van der Waals surface area contributed by atoms with Gasteiger partial charge in [-0.2, -0.15) is 14.0 Å². The third kappa shape index (κ3) is 6.99. The largest absolute Gasteiger partial charge is 0.481 e. The Kier molecular flexibility index (Phi) is 8.85. The number of hydrogen-bond donors (Lipinski definition) is 1. The van der Waals surface area contributed by atoms with Gasteiger partial charge >= 0.3 is 12.6 Å². The van der Waals surface area contributed by atoms with Crippen molar-refractivity contribution in [3.05, 3.63) is 34.3 Å². The summed E-state index contributed by atoms with van der Waals surface area (Å²) in [6, 6.07) is 6.11. The molecule has 1 N–H and O–H groups in total. The number of hydrogen-bond acceptors (Lipinski definition) is 6. The minimum Gasteiger partial charge on any atom is -0.481 e. The van der Waals surface area contributed by atoms with Crippen LogP contribution in [0.1, 0.15) is 56.2 Å². The van der Waals surface area contributed by atoms with Crippen molar-refractivity contribution in [1.29, 1.82) is 5.26 Å². The first-order chi connectivity index (χ1) is 17.2. The lowest BCUT2D eigenvalue weighted by molar-refractivity contribution is -0.157. The zero-order valence-corrected chi connectivity index (χ0v) is 22.0. The van der Waals surface area contributed by atoms with Gasteiger partial charge in [0.2, 0.25) is 6.43 Å². The van der Waals surface area contributed by atoms with Crippen LogP contribution in [0.25, 0.3) is 10.6 Å². The third-order valence-electron chi connectivity index (χ3n) is 6.98. The van der Waals surface area contributed by atoms with E-state index in [4.69, 9.17) is 0 Å². The van der Waals surface area contributed by atoms with Gasteiger partial charge in [-0.05, 0) is 49.3 Å². The first-order valence-corrected chi connectivity index (χ1v) is 12.8. The zero-order chi connectivity index (χ0) is 27.5. The lowest BCUT2D eigenvalue weighted by Crippen LogP contribution is -2.53. The van der Waals surface area contributed by atoms with Crippen LogP contribution in [0, 0.1) is 35.0 Å². The van der Waals surface area contributed by atoms with Crippen LogP contribution in [0.2, 0.25) is 0 Å². The van der Waals surface area contributed by atoms with Gasteiger partial charge in [-0.1, -0.05) is 20.8 Å². The molecule has 0 spiro atoms. The van der Waals surface area contributed by atoms with Gasteiger partial charge in [0, 0.05) is 30.9 Å². The number of carboxylic acids is 1. The van der Waals surface area contributed by atoms with E-state index in [0.29, 0.717) is 30.2 Å². The van der Waals surface area contributed by atoms with Crippen molar-refractivity contribution in [2.45, 2.75) is 66.5 Å². The van der Waals surface area contributed by atoms with Crippen molar-refractivity contribution in [2.24, 2.45) is 16.7 Å². The number of aromatic nitrogens is 1. The number of aryl methyl sites for hydroxylation is 1. The Bertz CT molecular complexity index is 1160. The van der Waals surface area contributed by atoms with E-state index in [9.17, 15) is 32.7 Å². The minimum absolute atomic E-state index is 0.0407. The summed E-state index contributed by atoms with van der Waals surface area (Å²) in [6.45, 7) is 5.82. The fourth-order valence-corrected chi connectivity index (χ4v) is 5.92. The van der Waals surface area contributed by atoms with Gasteiger partial charge in [0.15, 0.2) is 0 Å². The van der Waals surface area contributed by atoms with Crippen LogP contribution >= 0.6 is 11.3 Å². The third-order valence-corrected chi connectivity index (χ3v) is 8.15. The predicted molar refractivity (Wildman–Crippen MR) is 132 cm³/mol. The van der Waals surface area contributed by atoms with Gasteiger partial charge < -0.3 is 9.84 Å². The Morgan fingerprint density at radius 3 is 2.62 bits per heavy atom. The zero-order valence-electron chi connectivity index (χ0n) is 21.2. The van der Waals surface area contributed by atoms with E-state index in [-0.39, 0.29) is 41.2 Å². The summed E-state index contributed by atoms with van der Waals surface area (Å²) < 4.78 is 56.8. The topological polar surface area (TPSA) is 86.5 Å². The summed E-state index contributed by atoms with van der Waals surface area (Å²) in [5.41, 5.74) is -0.371. The quantitative estimate of drug-likeness (QED) is 0.361. The molecule has 1 saturated heterocycles. The second-order valence-corrected chi connectivity index (χ2v) is 11.8. The Hall–Kier alpha value is -2.71. The number of rotatable bonds is 9. The van der Waals surface area contributed by atoms with E-state index < -0.39 is 30.8 Å². The number of benzene rings is 1. The number of thiazole rings is 1. The maximum Gasteiger partial charge on any atom is 0.387 e. The van der Waals surface area contributed by atoms with E-state index in [1.165, 1.54) is 29.5 Å². The number of aliphatic carboxylic acids is 1. The molecule has 0 bridgehead atoms. The molecule has 2 heterocycles. The van der Waals surface area contributed by atoms with Crippen LogP contribution in [-0.4, -0.2) is 47.1 Å². The van der Waals surface area contributed by atoms with E-state index in [0.717, 1.165) is 4.88 Å². The summed E-state index contributed by atoms with van der Waals surface area (Å²) in [4.78, 5) is 19.7. The van der Waals surface area contributed by atoms with E-state index >= 15 is 0 Å². The number of halogens is 4. The number of carbonyl (C=O) groups is 1. The number of piperidine rings is 1. The molecule has 37 heavy (non-hydrogen) atoms. The molecule has 0 amide bonds. The molecule has 3 rings (SSSR count). The Labute approximate surface area is 217 Å². The molecule has 11 heteroatoms. The first kappa shape index (κ1) is 28.9. The molecule has 1 aromatic carbocycles. The summed E-state index contributed by atoms with van der Waals surface area (Å²) in [5.74, 6) is -1.21. The number of carboxylic acid groups (broad SMARTS) is 1. The van der Waals surface area contributed by atoms with Crippen molar-refractivity contribution in [2.75, 3.05) is 13.1 Å². The fraction of sp³-hybridized carbons (Fsp3) is 0.577. The number of nitrogens with zero attached hydrogens (tertiary/aromatic N) is 3. The van der Waals surface area contributed by atoms with E-state index in [1.54, 1.807) is 6.92 Å². The van der Waals surface area contributed by atoms with Gasteiger partial charge in [-0.25, -0.2) is 13.8 Å². The minimum atomic E-state index is -3.05. The molecular formula is C26H31F4N3O3S. The Morgan fingerprint density at radius 1 is 1.35 bits per heavy atom. The Balaban J connectivity index is 1.95. The molecule has 0 unspecified atom stereocenters. The van der Waals surface area contributed by atoms with Crippen molar-refractivity contribution >= 4 is 17.3 Å². The molecule has 1 aliphatic rings. The summed E-state index contributed by atoms with van der Waals surface area (Å²) in [7, 11) is 0. The van der Waals surface area contributed by atoms with E-state index in [1.807, 2.05) is 31.7 Å². The molecule has 202 valence electrons. The van der Waals surface area contributed by atoms with Gasteiger partial charge in [0.25, 0.3) is 0 Å². The molecule has 0 radical (unpaired) electrons. The highest BCUT2D eigenvalue weighted by molar-refractivity contribution is 7.15. The molecule has 6 nitrogen and oxygen atoms in total. The smallest absolute Gasteiger partial charge is 0.387 e. The summed E-state index contributed by atoms with van der Waals surface area (Å²) >= 11 is 1.25. The van der Waals surface area contributed by atoms with Crippen LogP contribution in [0.3, 0.4) is 0 Å². The lowest BCUT2D eigenvalue weighted by atomic mass is 9.65. The maximum absolute atomic E-state index is 13.1. The van der Waals surface area contributed by atoms with Crippen LogP contribution < -0.4 is 4.74 Å². The van der Waals surface area contributed by atoms with E-state index in [2.05, 4.69) is 9.72 Å². The molecule has 1 aliphatic heterocycles. The fourth-order valence-electron chi connectivity index (χ4n) is 4.79. The average molecular weight is 542 g/mol. The van der Waals surface area contributed by atoms with Crippen LogP contribution in [0.5, 0.6) is 5.75 Å². The average Bonchev–Trinajstić information content (AvgIpc) is 3.16. The van der Waals surface area contributed by atoms with Gasteiger partial charge in [0.1, 0.15) is 10.8 Å². The second-order valence-electron chi connectivity index (χ2n) is 10.7. The van der Waals surface area contributed by atoms with Crippen LogP contribution in [0.4, 0.5) is 17.6 Å². The van der Waals surface area contributed by atoms with Gasteiger partial charge in [-0.15, -0.1) is 11.3 Å². The maximum atomic E-state index is 13.1. The molecule has 1 aromatic heterocycles. The highest BCUT2D eigenvalue weighted by Crippen LogP contribution is 2.45. The van der Waals surface area contributed by atoms with Gasteiger partial charge in [-0.3, -0.25) is 9.69 Å². The Morgan fingerprint density at radius 2 is 2.05 bits per heavy atom. The normalized spacial score (nSPS) is 20.8. The number of nitriles is 1. The molecule has 2 atom stereocenters. The highest BCUT2D eigenvalue weighted by atomic mass is 32.1. The van der Waals surface area contributed by atoms with Crippen LogP contribution in [0.15, 0.2) is 18.2 Å². The summed E-state index contributed by atoms with van der Waals surface area (Å²) in [6.07, 6.45) is -2.87. The second kappa shape index (κ2) is 11.4.